The second kappa shape index (κ2) is 6.72. The molecule has 1 amide bonds. The van der Waals surface area contributed by atoms with E-state index in [0.29, 0.717) is 28.0 Å². The van der Waals surface area contributed by atoms with E-state index < -0.39 is 11.0 Å². The van der Waals surface area contributed by atoms with E-state index >= 15 is 0 Å². The third kappa shape index (κ3) is 3.46. The summed E-state index contributed by atoms with van der Waals surface area (Å²) in [6, 6.07) is 13.9. The van der Waals surface area contributed by atoms with Crippen molar-refractivity contribution in [3.05, 3.63) is 53.7 Å². The summed E-state index contributed by atoms with van der Waals surface area (Å²) < 4.78 is 15.2. The van der Waals surface area contributed by atoms with Gasteiger partial charge in [-0.05, 0) is 30.3 Å². The number of nitrogens with zero attached hydrogens (tertiary/aromatic N) is 2. The van der Waals surface area contributed by atoms with Gasteiger partial charge in [0.2, 0.25) is 6.41 Å². The fraction of sp³-hybridized carbons (Fsp3) is 0. The molecular weight excluding hydrogens is 336 g/mol. The first-order chi connectivity index (χ1) is 11.2. The summed E-state index contributed by atoms with van der Waals surface area (Å²) in [5.41, 5.74) is 1.85. The lowest BCUT2D eigenvalue weighted by atomic mass is 10.3. The minimum atomic E-state index is -1.59. The molecule has 116 valence electrons. The highest BCUT2D eigenvalue weighted by Crippen LogP contribution is 2.23. The number of halogens is 1. The van der Waals surface area contributed by atoms with Gasteiger partial charge in [-0.25, -0.2) is 14.2 Å². The molecule has 1 unspecified atom stereocenters. The Labute approximate surface area is 139 Å². The molecule has 1 heterocycles. The Hall–Kier alpha value is -2.51. The standard InChI is InChI=1S/C15H11ClN4O2S/c16-14-15(19-13-7-2-1-6-12(13)18-14)20-23(22)11-5-3-4-10(8-11)17-9-21/h1-9H,(H,17,21)(H,19,20). The Balaban J connectivity index is 1.89. The van der Waals surface area contributed by atoms with Crippen molar-refractivity contribution in [3.8, 4) is 0 Å². The number of amides is 1. The van der Waals surface area contributed by atoms with Crippen LogP contribution in [0, 0.1) is 0 Å². The number of carbonyl (C=O) groups is 1. The van der Waals surface area contributed by atoms with Crippen molar-refractivity contribution < 1.29 is 9.00 Å². The monoisotopic (exact) mass is 346 g/mol. The normalized spacial score (nSPS) is 11.9. The first-order valence-corrected chi connectivity index (χ1v) is 8.11. The predicted octanol–water partition coefficient (Wildman–Crippen LogP) is 2.99. The predicted molar refractivity (Wildman–Crippen MR) is 90.7 cm³/mol. The molecule has 0 saturated carbocycles. The summed E-state index contributed by atoms with van der Waals surface area (Å²) in [6.45, 7) is 0. The van der Waals surface area contributed by atoms with Crippen molar-refractivity contribution in [2.75, 3.05) is 10.0 Å². The van der Waals surface area contributed by atoms with Crippen molar-refractivity contribution in [1.29, 1.82) is 0 Å². The first kappa shape index (κ1) is 15.4. The number of fused-ring (bicyclic) bond motifs is 1. The second-order valence-corrected chi connectivity index (χ2v) is 6.08. The third-order valence-electron chi connectivity index (χ3n) is 2.99. The van der Waals surface area contributed by atoms with Crippen LogP contribution in [-0.4, -0.2) is 20.6 Å². The van der Waals surface area contributed by atoms with E-state index in [-0.39, 0.29) is 11.0 Å². The molecule has 23 heavy (non-hydrogen) atoms. The van der Waals surface area contributed by atoms with E-state index in [4.69, 9.17) is 11.6 Å². The van der Waals surface area contributed by atoms with E-state index in [1.54, 1.807) is 36.4 Å². The van der Waals surface area contributed by atoms with Crippen LogP contribution in [-0.2, 0) is 15.8 Å². The number of aromatic nitrogens is 2. The van der Waals surface area contributed by atoms with Crippen LogP contribution in [0.15, 0.2) is 53.4 Å². The van der Waals surface area contributed by atoms with E-state index in [0.717, 1.165) is 0 Å². The number of para-hydroxylation sites is 2. The van der Waals surface area contributed by atoms with Crippen LogP contribution in [0.25, 0.3) is 11.0 Å². The highest BCUT2D eigenvalue weighted by molar-refractivity contribution is 7.86. The molecule has 0 radical (unpaired) electrons. The smallest absolute Gasteiger partial charge is 0.211 e. The van der Waals surface area contributed by atoms with Gasteiger partial charge < -0.3 is 5.32 Å². The van der Waals surface area contributed by atoms with Crippen LogP contribution in [0.1, 0.15) is 0 Å². The van der Waals surface area contributed by atoms with Gasteiger partial charge in [0.25, 0.3) is 0 Å². The number of nitrogens with one attached hydrogen (secondary N) is 2. The zero-order valence-electron chi connectivity index (χ0n) is 11.7. The highest BCUT2D eigenvalue weighted by atomic mass is 35.5. The number of hydrogen-bond donors (Lipinski definition) is 2. The lowest BCUT2D eigenvalue weighted by molar-refractivity contribution is -0.105. The SMILES string of the molecule is O=CNc1cccc(S(=O)Nc2nc3ccccc3nc2Cl)c1. The maximum absolute atomic E-state index is 12.4. The van der Waals surface area contributed by atoms with Gasteiger partial charge in [0.1, 0.15) is 0 Å². The molecular formula is C15H11ClN4O2S. The van der Waals surface area contributed by atoms with Crippen LogP contribution in [0.4, 0.5) is 11.5 Å². The van der Waals surface area contributed by atoms with Crippen LogP contribution >= 0.6 is 11.6 Å². The van der Waals surface area contributed by atoms with Crippen molar-refractivity contribution in [1.82, 2.24) is 9.97 Å². The Morgan fingerprint density at radius 2 is 1.78 bits per heavy atom. The topological polar surface area (TPSA) is 84.0 Å². The molecule has 0 spiro atoms. The van der Waals surface area contributed by atoms with Gasteiger partial charge in [-0.15, -0.1) is 0 Å². The second-order valence-electron chi connectivity index (χ2n) is 4.51. The van der Waals surface area contributed by atoms with Gasteiger partial charge in [0.15, 0.2) is 22.0 Å². The van der Waals surface area contributed by atoms with Crippen molar-refractivity contribution in [2.24, 2.45) is 0 Å². The molecule has 0 bridgehead atoms. The lowest BCUT2D eigenvalue weighted by Gasteiger charge is -2.08. The zero-order valence-corrected chi connectivity index (χ0v) is 13.3. The molecule has 3 aromatic rings. The van der Waals surface area contributed by atoms with E-state index in [1.165, 1.54) is 0 Å². The number of benzene rings is 2. The third-order valence-corrected chi connectivity index (χ3v) is 4.32. The minimum Gasteiger partial charge on any atom is -0.329 e. The number of carbonyl (C=O) groups excluding carboxylic acids is 1. The molecule has 0 aliphatic carbocycles. The molecule has 0 aliphatic rings. The molecule has 8 heteroatoms. The quantitative estimate of drug-likeness (QED) is 0.695. The van der Waals surface area contributed by atoms with E-state index in [9.17, 15) is 9.00 Å². The van der Waals surface area contributed by atoms with Crippen LogP contribution in [0.2, 0.25) is 5.15 Å². The number of rotatable bonds is 5. The van der Waals surface area contributed by atoms with Crippen LogP contribution < -0.4 is 10.0 Å². The Morgan fingerprint density at radius 1 is 1.04 bits per heavy atom. The Kier molecular flexibility index (Phi) is 4.50. The summed E-state index contributed by atoms with van der Waals surface area (Å²) in [5.74, 6) is 0.234. The van der Waals surface area contributed by atoms with Gasteiger partial charge in [-0.1, -0.05) is 29.8 Å². The molecule has 6 nitrogen and oxygen atoms in total. The van der Waals surface area contributed by atoms with Crippen molar-refractivity contribution in [3.63, 3.8) is 0 Å². The zero-order chi connectivity index (χ0) is 16.2. The van der Waals surface area contributed by atoms with Gasteiger partial charge >= 0.3 is 0 Å². The fourth-order valence-electron chi connectivity index (χ4n) is 1.96. The molecule has 0 saturated heterocycles. The molecule has 1 aromatic heterocycles. The van der Waals surface area contributed by atoms with Gasteiger partial charge in [-0.3, -0.25) is 9.52 Å². The van der Waals surface area contributed by atoms with E-state index in [1.807, 2.05) is 12.1 Å². The van der Waals surface area contributed by atoms with Crippen LogP contribution in [0.3, 0.4) is 0 Å². The highest BCUT2D eigenvalue weighted by Gasteiger charge is 2.11. The number of anilines is 2. The summed E-state index contributed by atoms with van der Waals surface area (Å²) in [4.78, 5) is 19.5. The summed E-state index contributed by atoms with van der Waals surface area (Å²) in [5, 5.41) is 2.64. The molecule has 0 fully saturated rings. The maximum atomic E-state index is 12.4. The van der Waals surface area contributed by atoms with Gasteiger partial charge in [0, 0.05) is 5.69 Å². The average molecular weight is 347 g/mol. The summed E-state index contributed by atoms with van der Waals surface area (Å²) in [7, 11) is -1.59. The molecule has 1 atom stereocenters. The Bertz CT molecular complexity index is 904. The summed E-state index contributed by atoms with van der Waals surface area (Å²) in [6.07, 6.45) is 0.557. The van der Waals surface area contributed by atoms with Crippen LogP contribution in [0.5, 0.6) is 0 Å². The molecule has 2 aromatic carbocycles. The average Bonchev–Trinajstić information content (AvgIpc) is 2.56. The van der Waals surface area contributed by atoms with Gasteiger partial charge in [-0.2, -0.15) is 0 Å². The van der Waals surface area contributed by atoms with Crippen molar-refractivity contribution in [2.45, 2.75) is 4.90 Å². The molecule has 2 N–H and O–H groups in total. The van der Waals surface area contributed by atoms with E-state index in [2.05, 4.69) is 20.0 Å². The van der Waals surface area contributed by atoms with Crippen molar-refractivity contribution >= 4 is 51.5 Å². The first-order valence-electron chi connectivity index (χ1n) is 6.58. The molecule has 3 rings (SSSR count). The number of hydrogen-bond acceptors (Lipinski definition) is 4. The lowest BCUT2D eigenvalue weighted by Crippen LogP contribution is -2.08. The maximum Gasteiger partial charge on any atom is 0.211 e. The minimum absolute atomic E-state index is 0.138. The van der Waals surface area contributed by atoms with Gasteiger partial charge in [0.05, 0.1) is 15.9 Å². The molecule has 0 aliphatic heterocycles. The summed E-state index contributed by atoms with van der Waals surface area (Å²) >= 11 is 6.09. The largest absolute Gasteiger partial charge is 0.329 e. The fourth-order valence-corrected chi connectivity index (χ4v) is 3.07. The Morgan fingerprint density at radius 3 is 2.52 bits per heavy atom.